The minimum absolute atomic E-state index is 0.0424. The number of morpholine rings is 1. The van der Waals surface area contributed by atoms with E-state index in [1.165, 1.54) is 18.2 Å². The Morgan fingerprint density at radius 2 is 1.91 bits per heavy atom. The number of nitrogens with one attached hydrogen (secondary N) is 1. The summed E-state index contributed by atoms with van der Waals surface area (Å²) >= 11 is 6.34. The van der Waals surface area contributed by atoms with Gasteiger partial charge in [-0.05, 0) is 59.3 Å². The number of fused-ring (bicyclic) bond motifs is 3. The maximum absolute atomic E-state index is 13.4. The number of carbonyl (C=O) groups is 1. The summed E-state index contributed by atoms with van der Waals surface area (Å²) in [5.74, 6) is 0.715. The molecule has 0 saturated carbocycles. The lowest BCUT2D eigenvalue weighted by atomic mass is 9.95. The van der Waals surface area contributed by atoms with Crippen molar-refractivity contribution in [3.8, 4) is 5.75 Å². The number of carbonyl (C=O) groups excluding carboxylic acids is 1. The number of halogens is 1. The lowest BCUT2D eigenvalue weighted by Crippen LogP contribution is -2.37. The van der Waals surface area contributed by atoms with Gasteiger partial charge < -0.3 is 25.2 Å². The monoisotopic (exact) mass is 628 g/mol. The highest BCUT2D eigenvalue weighted by atomic mass is 35.5. The zero-order chi connectivity index (χ0) is 30.4. The van der Waals surface area contributed by atoms with Crippen molar-refractivity contribution in [1.82, 2.24) is 9.62 Å². The molecule has 5 rings (SSSR count). The number of rotatable bonds is 12. The highest BCUT2D eigenvalue weighted by Gasteiger charge is 2.33. The first-order valence-electron chi connectivity index (χ1n) is 14.4. The van der Waals surface area contributed by atoms with Gasteiger partial charge in [-0.25, -0.2) is 13.1 Å². The van der Waals surface area contributed by atoms with Crippen LogP contribution in [0.1, 0.15) is 23.5 Å². The van der Waals surface area contributed by atoms with Crippen molar-refractivity contribution < 1.29 is 27.8 Å². The fraction of sp³-hybridized carbons (Fsp3) is 0.387. The third-order valence-corrected chi connectivity index (χ3v) is 9.55. The van der Waals surface area contributed by atoms with E-state index in [0.29, 0.717) is 29.9 Å². The molecular formula is C31H37ClN4O6S. The molecule has 0 aliphatic carbocycles. The van der Waals surface area contributed by atoms with E-state index in [1.807, 2.05) is 24.3 Å². The molecule has 3 aromatic rings. The maximum Gasteiger partial charge on any atom is 0.251 e. The van der Waals surface area contributed by atoms with Crippen molar-refractivity contribution in [2.24, 2.45) is 0 Å². The summed E-state index contributed by atoms with van der Waals surface area (Å²) in [7, 11) is -3.81. The first kappa shape index (κ1) is 31.2. The Morgan fingerprint density at radius 1 is 1.14 bits per heavy atom. The molecule has 2 heterocycles. The molecule has 0 radical (unpaired) electrons. The van der Waals surface area contributed by atoms with Crippen LogP contribution in [0.25, 0.3) is 16.8 Å². The minimum Gasteiger partial charge on any atom is -0.494 e. The van der Waals surface area contributed by atoms with Gasteiger partial charge in [0.1, 0.15) is 5.75 Å². The SMILES string of the molecule is Nc1cc2c(c3ccc(S(=O)(=O)NCCO)cc13)C(CCl)CN2C(=O)/C=C/c1ccc(OCCCN2CCOCC2)cc1. The molecule has 1 atom stereocenters. The Morgan fingerprint density at radius 3 is 2.63 bits per heavy atom. The molecule has 0 spiro atoms. The number of anilines is 2. The van der Waals surface area contributed by atoms with Crippen LogP contribution in [0, 0.1) is 0 Å². The fourth-order valence-electron chi connectivity index (χ4n) is 5.50. The van der Waals surface area contributed by atoms with Gasteiger partial charge in [0.2, 0.25) is 10.0 Å². The van der Waals surface area contributed by atoms with E-state index < -0.39 is 10.0 Å². The van der Waals surface area contributed by atoms with Crippen molar-refractivity contribution >= 4 is 55.8 Å². The molecule has 43 heavy (non-hydrogen) atoms. The van der Waals surface area contributed by atoms with Gasteiger partial charge in [-0.2, -0.15) is 0 Å². The number of hydrogen-bond donors (Lipinski definition) is 3. The van der Waals surface area contributed by atoms with Crippen LogP contribution < -0.4 is 20.1 Å². The predicted molar refractivity (Wildman–Crippen MR) is 169 cm³/mol. The molecule has 2 aliphatic heterocycles. The lowest BCUT2D eigenvalue weighted by Gasteiger charge is -2.26. The van der Waals surface area contributed by atoms with Crippen LogP contribution in [0.3, 0.4) is 0 Å². The molecule has 2 aliphatic rings. The summed E-state index contributed by atoms with van der Waals surface area (Å²) in [4.78, 5) is 17.4. The number of benzene rings is 3. The molecular weight excluding hydrogens is 592 g/mol. The zero-order valence-electron chi connectivity index (χ0n) is 23.9. The Balaban J connectivity index is 1.26. The molecule has 0 bridgehead atoms. The van der Waals surface area contributed by atoms with Gasteiger partial charge in [0.15, 0.2) is 0 Å². The van der Waals surface area contributed by atoms with Gasteiger partial charge in [0.25, 0.3) is 5.91 Å². The van der Waals surface area contributed by atoms with E-state index >= 15 is 0 Å². The van der Waals surface area contributed by atoms with E-state index in [1.54, 1.807) is 23.1 Å². The number of alkyl halides is 1. The molecule has 10 nitrogen and oxygen atoms in total. The third kappa shape index (κ3) is 7.31. The maximum atomic E-state index is 13.4. The van der Waals surface area contributed by atoms with Gasteiger partial charge in [-0.1, -0.05) is 18.2 Å². The lowest BCUT2D eigenvalue weighted by molar-refractivity contribution is -0.114. The number of ether oxygens (including phenoxy) is 2. The zero-order valence-corrected chi connectivity index (χ0v) is 25.4. The number of nitrogens with two attached hydrogens (primary N) is 1. The van der Waals surface area contributed by atoms with Gasteiger partial charge in [0, 0.05) is 61.7 Å². The molecule has 230 valence electrons. The van der Waals surface area contributed by atoms with Gasteiger partial charge in [-0.3, -0.25) is 9.69 Å². The van der Waals surface area contributed by atoms with Crippen molar-refractivity contribution in [1.29, 1.82) is 0 Å². The largest absolute Gasteiger partial charge is 0.494 e. The smallest absolute Gasteiger partial charge is 0.251 e. The van der Waals surface area contributed by atoms with Crippen molar-refractivity contribution in [2.75, 3.05) is 75.7 Å². The van der Waals surface area contributed by atoms with Crippen LogP contribution in [0.5, 0.6) is 5.75 Å². The predicted octanol–water partition coefficient (Wildman–Crippen LogP) is 3.18. The highest BCUT2D eigenvalue weighted by Crippen LogP contribution is 2.44. The number of aliphatic hydroxyl groups excluding tert-OH is 1. The molecule has 1 saturated heterocycles. The van der Waals surface area contributed by atoms with Crippen LogP contribution in [0.4, 0.5) is 11.4 Å². The average Bonchev–Trinajstić information content (AvgIpc) is 3.40. The first-order valence-corrected chi connectivity index (χ1v) is 16.4. The summed E-state index contributed by atoms with van der Waals surface area (Å²) in [5, 5.41) is 10.3. The van der Waals surface area contributed by atoms with Gasteiger partial charge in [0.05, 0.1) is 37.0 Å². The Kier molecular flexibility index (Phi) is 10.2. The third-order valence-electron chi connectivity index (χ3n) is 7.72. The minimum atomic E-state index is -3.81. The average molecular weight is 629 g/mol. The molecule has 1 fully saturated rings. The van der Waals surface area contributed by atoms with E-state index in [4.69, 9.17) is 31.9 Å². The number of sulfonamides is 1. The second kappa shape index (κ2) is 14.1. The summed E-state index contributed by atoms with van der Waals surface area (Å²) in [5.41, 5.74) is 9.14. The van der Waals surface area contributed by atoms with Crippen molar-refractivity contribution in [2.45, 2.75) is 17.2 Å². The normalized spacial score (nSPS) is 17.5. The summed E-state index contributed by atoms with van der Waals surface area (Å²) < 4.78 is 38.8. The number of nitrogens with zero attached hydrogens (tertiary/aromatic N) is 2. The molecule has 3 aromatic carbocycles. The number of aliphatic hydroxyl groups is 1. The van der Waals surface area contributed by atoms with E-state index in [2.05, 4.69) is 9.62 Å². The Labute approximate surface area is 257 Å². The number of amides is 1. The van der Waals surface area contributed by atoms with Crippen LogP contribution in [-0.4, -0.2) is 89.4 Å². The van der Waals surface area contributed by atoms with E-state index in [-0.39, 0.29) is 35.8 Å². The Bertz CT molecular complexity index is 1580. The molecule has 4 N–H and O–H groups in total. The van der Waals surface area contributed by atoms with Gasteiger partial charge >= 0.3 is 0 Å². The molecule has 1 amide bonds. The molecule has 1 unspecified atom stereocenters. The van der Waals surface area contributed by atoms with Crippen LogP contribution in [0.15, 0.2) is 59.5 Å². The fourth-order valence-corrected chi connectivity index (χ4v) is 6.80. The van der Waals surface area contributed by atoms with E-state index in [9.17, 15) is 13.2 Å². The highest BCUT2D eigenvalue weighted by molar-refractivity contribution is 7.89. The number of nitrogen functional groups attached to an aromatic ring is 1. The second-order valence-corrected chi connectivity index (χ2v) is 12.7. The Hall–Kier alpha value is -3.19. The van der Waals surface area contributed by atoms with Gasteiger partial charge in [-0.15, -0.1) is 11.6 Å². The summed E-state index contributed by atoms with van der Waals surface area (Å²) in [6.07, 6.45) is 4.24. The molecule has 0 aromatic heterocycles. The topological polar surface area (TPSA) is 134 Å². The summed E-state index contributed by atoms with van der Waals surface area (Å²) in [6, 6.07) is 14.0. The van der Waals surface area contributed by atoms with Crippen molar-refractivity contribution in [3.63, 3.8) is 0 Å². The quantitative estimate of drug-likeness (QED) is 0.121. The van der Waals surface area contributed by atoms with Crippen LogP contribution >= 0.6 is 11.6 Å². The standard InChI is InChI=1S/C31H37ClN4O6S/c32-20-23-21-36(29-19-28(33)27-18-25(7-8-26(27)31(23)29)43(39,40)34-10-14-37)30(38)9-4-22-2-5-24(6-3-22)42-15-1-11-35-12-16-41-17-13-35/h2-9,18-19,23,34,37H,1,10-17,20-21,33H2/b9-4+. The van der Waals surface area contributed by atoms with Crippen molar-refractivity contribution in [3.05, 3.63) is 65.7 Å². The van der Waals surface area contributed by atoms with E-state index in [0.717, 1.165) is 61.5 Å². The first-order chi connectivity index (χ1) is 20.8. The van der Waals surface area contributed by atoms with Crippen LogP contribution in [0.2, 0.25) is 0 Å². The molecule has 12 heteroatoms. The van der Waals surface area contributed by atoms with Crippen LogP contribution in [-0.2, 0) is 19.6 Å². The second-order valence-electron chi connectivity index (χ2n) is 10.6. The number of hydrogen-bond acceptors (Lipinski definition) is 8. The summed E-state index contributed by atoms with van der Waals surface area (Å²) in [6.45, 7) is 5.13.